The van der Waals surface area contributed by atoms with E-state index in [1.165, 1.54) is 6.92 Å². The van der Waals surface area contributed by atoms with Gasteiger partial charge in [0.2, 0.25) is 11.5 Å². The van der Waals surface area contributed by atoms with Crippen molar-refractivity contribution in [2.75, 3.05) is 0 Å². The Labute approximate surface area is 293 Å². The maximum absolute atomic E-state index is 13.8. The van der Waals surface area contributed by atoms with Crippen molar-refractivity contribution in [2.24, 2.45) is 40.9 Å². The Balaban J connectivity index is 1.10. The number of fused-ring (bicyclic) bond motifs is 3. The standard InChI is InChI=1S/C37H40O14/c1-13(2)30(38)47-23-8-19-11-37(23,12-22(19)32(40)48-26-15(4)17(6)45-35(26)43)10-14(3)31(39)50-28-20-9-21-25(34(42)51-29(21)28)24(20)33(41)49-27-16(5)18(7)46-36(27)44/h10,17-25,28-29H,1,8-9,11-12H2,2-7H3/b14-10+. The van der Waals surface area contributed by atoms with Crippen LogP contribution in [0.3, 0.4) is 0 Å². The van der Waals surface area contributed by atoms with Gasteiger partial charge in [0.1, 0.15) is 30.5 Å². The molecule has 0 aromatic heterocycles. The number of carbonyl (C=O) groups is 7. The quantitative estimate of drug-likeness (QED) is 0.193. The van der Waals surface area contributed by atoms with Gasteiger partial charge in [-0.25, -0.2) is 19.2 Å². The Hall–Kier alpha value is -4.75. The van der Waals surface area contributed by atoms with E-state index in [4.69, 9.17) is 33.2 Å². The number of hydrogen-bond acceptors (Lipinski definition) is 14. The first-order chi connectivity index (χ1) is 24.0. The molecule has 0 N–H and O–H groups in total. The molecule has 3 aliphatic heterocycles. The van der Waals surface area contributed by atoms with Crippen LogP contribution in [0.2, 0.25) is 0 Å². The summed E-state index contributed by atoms with van der Waals surface area (Å²) in [5.41, 5.74) is 0.383. The number of hydrogen-bond donors (Lipinski definition) is 0. The average Bonchev–Trinajstić information content (AvgIpc) is 3.91. The summed E-state index contributed by atoms with van der Waals surface area (Å²) in [5, 5.41) is 0. The normalized spacial score (nSPS) is 38.9. The molecule has 0 radical (unpaired) electrons. The minimum Gasteiger partial charge on any atom is -0.458 e. The molecule has 4 aliphatic carbocycles. The molecule has 1 saturated heterocycles. The van der Waals surface area contributed by atoms with E-state index in [1.807, 2.05) is 0 Å². The lowest BCUT2D eigenvalue weighted by Crippen LogP contribution is -2.44. The van der Waals surface area contributed by atoms with Crippen molar-refractivity contribution in [1.29, 1.82) is 0 Å². The predicted molar refractivity (Wildman–Crippen MR) is 169 cm³/mol. The average molecular weight is 709 g/mol. The molecule has 0 spiro atoms. The first-order valence-electron chi connectivity index (χ1n) is 17.3. The molecule has 4 bridgehead atoms. The third-order valence-corrected chi connectivity index (χ3v) is 12.0. The van der Waals surface area contributed by atoms with Gasteiger partial charge in [-0.2, -0.15) is 0 Å². The van der Waals surface area contributed by atoms with Crippen LogP contribution in [0.1, 0.15) is 67.2 Å². The highest BCUT2D eigenvalue weighted by molar-refractivity contribution is 5.95. The fourth-order valence-corrected chi connectivity index (χ4v) is 9.25. The van der Waals surface area contributed by atoms with Crippen LogP contribution in [-0.2, 0) is 66.7 Å². The maximum atomic E-state index is 13.8. The smallest absolute Gasteiger partial charge is 0.375 e. The topological polar surface area (TPSA) is 184 Å². The van der Waals surface area contributed by atoms with Crippen LogP contribution < -0.4 is 0 Å². The van der Waals surface area contributed by atoms with Crippen molar-refractivity contribution in [3.8, 4) is 0 Å². The van der Waals surface area contributed by atoms with E-state index in [2.05, 4.69) is 6.58 Å². The van der Waals surface area contributed by atoms with E-state index in [-0.39, 0.29) is 40.9 Å². The second kappa shape index (κ2) is 12.2. The Morgan fingerprint density at radius 3 is 1.98 bits per heavy atom. The Kier molecular flexibility index (Phi) is 8.29. The Morgan fingerprint density at radius 2 is 1.41 bits per heavy atom. The van der Waals surface area contributed by atoms with Gasteiger partial charge >= 0.3 is 41.8 Å². The molecular formula is C37H40O14. The molecule has 3 heterocycles. The molecule has 7 aliphatic rings. The summed E-state index contributed by atoms with van der Waals surface area (Å²) in [5.74, 6) is -8.79. The van der Waals surface area contributed by atoms with Gasteiger partial charge in [0, 0.05) is 39.5 Å². The van der Waals surface area contributed by atoms with E-state index in [0.29, 0.717) is 30.4 Å². The second-order valence-corrected chi connectivity index (χ2v) is 15.1. The molecule has 14 heteroatoms. The number of carbonyl (C=O) groups excluding carboxylic acids is 7. The zero-order chi connectivity index (χ0) is 36.8. The fraction of sp³-hybridized carbons (Fsp3) is 0.595. The second-order valence-electron chi connectivity index (χ2n) is 15.1. The molecular weight excluding hydrogens is 668 g/mol. The highest BCUT2D eigenvalue weighted by Gasteiger charge is 2.70. The fourth-order valence-electron chi connectivity index (χ4n) is 9.25. The van der Waals surface area contributed by atoms with Crippen LogP contribution >= 0.6 is 0 Å². The molecule has 0 aromatic rings. The van der Waals surface area contributed by atoms with Gasteiger partial charge in [-0.1, -0.05) is 12.7 Å². The summed E-state index contributed by atoms with van der Waals surface area (Å²) < 4.78 is 38.8. The van der Waals surface area contributed by atoms with Crippen LogP contribution in [0.15, 0.2) is 46.5 Å². The Bertz CT molecular complexity index is 1780. The van der Waals surface area contributed by atoms with Crippen molar-refractivity contribution < 1.29 is 66.7 Å². The van der Waals surface area contributed by atoms with E-state index < -0.39 is 101 Å². The van der Waals surface area contributed by atoms with Crippen LogP contribution in [0.5, 0.6) is 0 Å². The third kappa shape index (κ3) is 5.48. The Morgan fingerprint density at radius 1 is 0.804 bits per heavy atom. The van der Waals surface area contributed by atoms with Gasteiger partial charge in [0.15, 0.2) is 0 Å². The number of cyclic esters (lactones) is 2. The summed E-state index contributed by atoms with van der Waals surface area (Å²) in [4.78, 5) is 90.8. The first kappa shape index (κ1) is 34.7. The van der Waals surface area contributed by atoms with Crippen molar-refractivity contribution >= 4 is 41.8 Å². The number of rotatable bonds is 9. The van der Waals surface area contributed by atoms with Crippen molar-refractivity contribution in [3.05, 3.63) is 46.5 Å². The lowest BCUT2D eigenvalue weighted by molar-refractivity contribution is -0.162. The zero-order valence-electron chi connectivity index (χ0n) is 29.2. The van der Waals surface area contributed by atoms with Gasteiger partial charge in [0.05, 0.1) is 17.8 Å². The zero-order valence-corrected chi connectivity index (χ0v) is 29.2. The molecule has 4 saturated carbocycles. The first-order valence-corrected chi connectivity index (χ1v) is 17.3. The van der Waals surface area contributed by atoms with E-state index >= 15 is 0 Å². The molecule has 5 fully saturated rings. The van der Waals surface area contributed by atoms with Crippen molar-refractivity contribution in [3.63, 3.8) is 0 Å². The van der Waals surface area contributed by atoms with Crippen LogP contribution in [0.25, 0.3) is 0 Å². The van der Waals surface area contributed by atoms with Gasteiger partial charge in [-0.3, -0.25) is 14.4 Å². The largest absolute Gasteiger partial charge is 0.458 e. The van der Waals surface area contributed by atoms with Crippen LogP contribution in [0.4, 0.5) is 0 Å². The van der Waals surface area contributed by atoms with Crippen molar-refractivity contribution in [1.82, 2.24) is 0 Å². The number of esters is 7. The molecule has 272 valence electrons. The maximum Gasteiger partial charge on any atom is 0.375 e. The third-order valence-electron chi connectivity index (χ3n) is 12.0. The minimum absolute atomic E-state index is 0.127. The molecule has 7 rings (SSSR count). The van der Waals surface area contributed by atoms with Gasteiger partial charge in [-0.15, -0.1) is 0 Å². The molecule has 12 unspecified atom stereocenters. The predicted octanol–water partition coefficient (Wildman–Crippen LogP) is 3.08. The lowest BCUT2D eigenvalue weighted by Gasteiger charge is -2.35. The highest BCUT2D eigenvalue weighted by atomic mass is 16.6. The van der Waals surface area contributed by atoms with Crippen molar-refractivity contribution in [2.45, 2.75) is 97.7 Å². The van der Waals surface area contributed by atoms with Gasteiger partial charge < -0.3 is 33.2 Å². The molecule has 12 atom stereocenters. The minimum atomic E-state index is -0.993. The van der Waals surface area contributed by atoms with Crippen LogP contribution in [0, 0.1) is 40.9 Å². The molecule has 0 aromatic carbocycles. The summed E-state index contributed by atoms with van der Waals surface area (Å²) in [6, 6.07) is 0. The summed E-state index contributed by atoms with van der Waals surface area (Å²) in [6.45, 7) is 13.3. The summed E-state index contributed by atoms with van der Waals surface area (Å²) in [7, 11) is 0. The molecule has 51 heavy (non-hydrogen) atoms. The number of ether oxygens (including phenoxy) is 7. The SMILES string of the molecule is C=C(C)C(=O)OC1CC2CC1(/C=C(\C)C(=O)OC1C3CC4C1OC(=O)C4C3C(=O)OC1=C(C)C(C)OC1=O)CC2C(=O)OC1=C(C)C(C)OC1=O. The van der Waals surface area contributed by atoms with Crippen LogP contribution in [-0.4, -0.2) is 72.3 Å². The van der Waals surface area contributed by atoms with E-state index in [1.54, 1.807) is 40.7 Å². The molecule has 0 amide bonds. The van der Waals surface area contributed by atoms with Gasteiger partial charge in [0.25, 0.3) is 0 Å². The highest BCUT2D eigenvalue weighted by Crippen LogP contribution is 2.61. The van der Waals surface area contributed by atoms with E-state index in [9.17, 15) is 33.6 Å². The lowest BCUT2D eigenvalue weighted by atomic mass is 9.76. The summed E-state index contributed by atoms with van der Waals surface area (Å²) in [6.07, 6.45) is -0.504. The summed E-state index contributed by atoms with van der Waals surface area (Å²) >= 11 is 0. The molecule has 14 nitrogen and oxygen atoms in total. The monoisotopic (exact) mass is 708 g/mol. The van der Waals surface area contributed by atoms with E-state index in [0.717, 1.165) is 0 Å². The van der Waals surface area contributed by atoms with Gasteiger partial charge in [-0.05, 0) is 73.1 Å².